The Hall–Kier alpha value is -2.40. The molecule has 0 aliphatic carbocycles. The highest BCUT2D eigenvalue weighted by Crippen LogP contribution is 2.27. The van der Waals surface area contributed by atoms with E-state index < -0.39 is 5.97 Å². The molecule has 1 aliphatic heterocycles. The van der Waals surface area contributed by atoms with Gasteiger partial charge in [-0.1, -0.05) is 18.2 Å². The van der Waals surface area contributed by atoms with Crippen molar-refractivity contribution < 1.29 is 14.3 Å². The van der Waals surface area contributed by atoms with E-state index in [1.54, 1.807) is 22.3 Å². The zero-order valence-corrected chi connectivity index (χ0v) is 13.6. The number of thiophene rings is 1. The summed E-state index contributed by atoms with van der Waals surface area (Å²) < 4.78 is 5.06. The van der Waals surface area contributed by atoms with Gasteiger partial charge in [0.25, 0.3) is 5.91 Å². The van der Waals surface area contributed by atoms with Crippen LogP contribution in [0.5, 0.6) is 0 Å². The number of esters is 1. The molecule has 1 aliphatic rings. The van der Waals surface area contributed by atoms with Crippen molar-refractivity contribution in [3.8, 4) is 0 Å². The average molecular weight is 327 g/mol. The first kappa shape index (κ1) is 15.5. The Morgan fingerprint density at radius 3 is 2.91 bits per heavy atom. The summed E-state index contributed by atoms with van der Waals surface area (Å²) in [6, 6.07) is 9.79. The minimum absolute atomic E-state index is 0.191. The van der Waals surface area contributed by atoms with Gasteiger partial charge in [-0.3, -0.25) is 4.79 Å². The molecule has 1 aromatic carbocycles. The Balaban J connectivity index is 1.55. The van der Waals surface area contributed by atoms with Crippen LogP contribution in [0, 0.1) is 6.92 Å². The third-order valence-electron chi connectivity index (χ3n) is 3.80. The number of aryl methyl sites for hydroxylation is 1. The minimum Gasteiger partial charge on any atom is -0.452 e. The molecule has 4 nitrogen and oxygen atoms in total. The number of rotatable bonds is 4. The standard InChI is InChI=1S/C18H17NO3S/c1-13-9-11-23-16(13)6-7-18(21)22-12-17(20)19-10-8-14-4-2-3-5-15(14)19/h2-7,9,11H,8,10,12H2,1H3/b7-6+. The first-order valence-electron chi connectivity index (χ1n) is 7.42. The number of anilines is 1. The highest BCUT2D eigenvalue weighted by Gasteiger charge is 2.24. The Kier molecular flexibility index (Phi) is 4.57. The summed E-state index contributed by atoms with van der Waals surface area (Å²) in [5, 5.41) is 1.97. The smallest absolute Gasteiger partial charge is 0.331 e. The second-order valence-electron chi connectivity index (χ2n) is 5.33. The molecule has 3 rings (SSSR count). The predicted octanol–water partition coefficient (Wildman–Crippen LogP) is 3.20. The van der Waals surface area contributed by atoms with Crippen LogP contribution in [0.2, 0.25) is 0 Å². The number of amides is 1. The number of para-hydroxylation sites is 1. The van der Waals surface area contributed by atoms with Crippen molar-refractivity contribution in [1.82, 2.24) is 0 Å². The van der Waals surface area contributed by atoms with E-state index in [4.69, 9.17) is 4.74 Å². The fourth-order valence-electron chi connectivity index (χ4n) is 2.56. The molecule has 1 amide bonds. The van der Waals surface area contributed by atoms with E-state index in [0.717, 1.165) is 28.1 Å². The van der Waals surface area contributed by atoms with Gasteiger partial charge in [-0.05, 0) is 48.1 Å². The second-order valence-corrected chi connectivity index (χ2v) is 6.28. The lowest BCUT2D eigenvalue weighted by atomic mass is 10.2. The Morgan fingerprint density at radius 2 is 2.13 bits per heavy atom. The van der Waals surface area contributed by atoms with Crippen molar-refractivity contribution in [3.05, 3.63) is 57.8 Å². The van der Waals surface area contributed by atoms with E-state index in [-0.39, 0.29) is 12.5 Å². The summed E-state index contributed by atoms with van der Waals surface area (Å²) in [5.41, 5.74) is 3.18. The normalized spacial score (nSPS) is 13.3. The van der Waals surface area contributed by atoms with Crippen LogP contribution in [-0.4, -0.2) is 25.0 Å². The number of benzene rings is 1. The fraction of sp³-hybridized carbons (Fsp3) is 0.222. The van der Waals surface area contributed by atoms with Crippen LogP contribution in [-0.2, 0) is 20.7 Å². The molecule has 0 saturated heterocycles. The van der Waals surface area contributed by atoms with Gasteiger partial charge < -0.3 is 9.64 Å². The maximum absolute atomic E-state index is 12.2. The van der Waals surface area contributed by atoms with E-state index >= 15 is 0 Å². The number of carbonyl (C=O) groups excluding carboxylic acids is 2. The van der Waals surface area contributed by atoms with Crippen molar-refractivity contribution in [1.29, 1.82) is 0 Å². The van der Waals surface area contributed by atoms with Crippen molar-refractivity contribution in [2.45, 2.75) is 13.3 Å². The number of hydrogen-bond acceptors (Lipinski definition) is 4. The molecule has 0 N–H and O–H groups in total. The summed E-state index contributed by atoms with van der Waals surface area (Å²) in [7, 11) is 0. The lowest BCUT2D eigenvalue weighted by molar-refractivity contribution is -0.142. The van der Waals surface area contributed by atoms with Gasteiger partial charge >= 0.3 is 5.97 Å². The molecule has 0 radical (unpaired) electrons. The first-order chi connectivity index (χ1) is 11.1. The van der Waals surface area contributed by atoms with E-state index in [2.05, 4.69) is 0 Å². The molecule has 0 unspecified atom stereocenters. The molecule has 0 saturated carbocycles. The zero-order valence-electron chi connectivity index (χ0n) is 12.8. The monoisotopic (exact) mass is 327 g/mol. The second kappa shape index (κ2) is 6.79. The number of carbonyl (C=O) groups is 2. The van der Waals surface area contributed by atoms with E-state index in [0.29, 0.717) is 6.54 Å². The van der Waals surface area contributed by atoms with Crippen molar-refractivity contribution in [2.24, 2.45) is 0 Å². The molecule has 0 atom stereocenters. The summed E-state index contributed by atoms with van der Waals surface area (Å²) in [4.78, 5) is 26.7. The van der Waals surface area contributed by atoms with E-state index in [1.165, 1.54) is 6.08 Å². The largest absolute Gasteiger partial charge is 0.452 e. The maximum Gasteiger partial charge on any atom is 0.331 e. The quantitative estimate of drug-likeness (QED) is 0.640. The molecule has 2 aromatic rings. The predicted molar refractivity (Wildman–Crippen MR) is 91.5 cm³/mol. The number of fused-ring (bicyclic) bond motifs is 1. The number of hydrogen-bond donors (Lipinski definition) is 0. The third kappa shape index (κ3) is 3.51. The van der Waals surface area contributed by atoms with Gasteiger partial charge in [0.2, 0.25) is 0 Å². The molecule has 0 fully saturated rings. The summed E-state index contributed by atoms with van der Waals surface area (Å²) >= 11 is 1.56. The first-order valence-corrected chi connectivity index (χ1v) is 8.30. The Labute approximate surface area is 139 Å². The minimum atomic E-state index is -0.501. The van der Waals surface area contributed by atoms with Crippen molar-refractivity contribution in [2.75, 3.05) is 18.1 Å². The van der Waals surface area contributed by atoms with Gasteiger partial charge in [-0.2, -0.15) is 0 Å². The van der Waals surface area contributed by atoms with Gasteiger partial charge in [0.15, 0.2) is 6.61 Å². The van der Waals surface area contributed by atoms with E-state index in [1.807, 2.05) is 42.6 Å². The highest BCUT2D eigenvalue weighted by molar-refractivity contribution is 7.11. The van der Waals surface area contributed by atoms with Gasteiger partial charge in [-0.25, -0.2) is 4.79 Å². The van der Waals surface area contributed by atoms with Gasteiger partial charge in [0, 0.05) is 23.2 Å². The van der Waals surface area contributed by atoms with E-state index in [9.17, 15) is 9.59 Å². The van der Waals surface area contributed by atoms with Crippen LogP contribution in [0.3, 0.4) is 0 Å². The van der Waals surface area contributed by atoms with Crippen LogP contribution >= 0.6 is 11.3 Å². The molecule has 5 heteroatoms. The summed E-state index contributed by atoms with van der Waals surface area (Å²) in [6.07, 6.45) is 3.93. The Morgan fingerprint density at radius 1 is 1.30 bits per heavy atom. The van der Waals surface area contributed by atoms with Crippen molar-refractivity contribution >= 4 is 35.0 Å². The van der Waals surface area contributed by atoms with Crippen LogP contribution in [0.4, 0.5) is 5.69 Å². The van der Waals surface area contributed by atoms with Crippen LogP contribution < -0.4 is 4.90 Å². The fourth-order valence-corrected chi connectivity index (χ4v) is 3.37. The van der Waals surface area contributed by atoms with Gasteiger partial charge in [0.05, 0.1) is 0 Å². The summed E-state index contributed by atoms with van der Waals surface area (Å²) in [5.74, 6) is -0.692. The maximum atomic E-state index is 12.2. The SMILES string of the molecule is Cc1ccsc1/C=C/C(=O)OCC(=O)N1CCc2ccccc21. The highest BCUT2D eigenvalue weighted by atomic mass is 32.1. The Bertz CT molecular complexity index is 763. The topological polar surface area (TPSA) is 46.6 Å². The van der Waals surface area contributed by atoms with Crippen LogP contribution in [0.1, 0.15) is 16.0 Å². The van der Waals surface area contributed by atoms with Gasteiger partial charge in [0.1, 0.15) is 0 Å². The number of ether oxygens (including phenoxy) is 1. The van der Waals surface area contributed by atoms with Gasteiger partial charge in [-0.15, -0.1) is 11.3 Å². The zero-order chi connectivity index (χ0) is 16.2. The molecule has 0 bridgehead atoms. The lowest BCUT2D eigenvalue weighted by Gasteiger charge is -2.16. The average Bonchev–Trinajstić information content (AvgIpc) is 3.16. The van der Waals surface area contributed by atoms with Crippen molar-refractivity contribution in [3.63, 3.8) is 0 Å². The molecule has 2 heterocycles. The van der Waals surface area contributed by atoms with Crippen LogP contribution in [0.25, 0.3) is 6.08 Å². The molecule has 118 valence electrons. The summed E-state index contributed by atoms with van der Waals surface area (Å²) in [6.45, 7) is 2.39. The molecular formula is C18H17NO3S. The van der Waals surface area contributed by atoms with Crippen LogP contribution in [0.15, 0.2) is 41.8 Å². The molecule has 1 aromatic heterocycles. The third-order valence-corrected chi connectivity index (χ3v) is 4.78. The molecule has 0 spiro atoms. The number of nitrogens with zero attached hydrogens (tertiary/aromatic N) is 1. The molecular weight excluding hydrogens is 310 g/mol. The lowest BCUT2D eigenvalue weighted by Crippen LogP contribution is -2.33. The molecule has 23 heavy (non-hydrogen) atoms.